The summed E-state index contributed by atoms with van der Waals surface area (Å²) in [6, 6.07) is 5.86. The Morgan fingerprint density at radius 2 is 1.79 bits per heavy atom. The number of aromatic nitrogens is 5. The van der Waals surface area contributed by atoms with Crippen molar-refractivity contribution in [1.82, 2.24) is 34.4 Å². The molecule has 2 aliphatic rings. The van der Waals surface area contributed by atoms with Gasteiger partial charge in [-0.1, -0.05) is 18.2 Å². The first-order valence-corrected chi connectivity index (χ1v) is 17.5. The highest BCUT2D eigenvalue weighted by molar-refractivity contribution is 9.10. The van der Waals surface area contributed by atoms with Crippen LogP contribution >= 0.6 is 15.9 Å². The molecular formula is C32H33BrN8O5S. The van der Waals surface area contributed by atoms with Crippen molar-refractivity contribution in [3.63, 3.8) is 0 Å². The molecular weight excluding hydrogens is 688 g/mol. The maximum Gasteiger partial charge on any atom is 0.248 e. The van der Waals surface area contributed by atoms with Crippen LogP contribution in [0.4, 0.5) is 5.82 Å². The van der Waals surface area contributed by atoms with Crippen molar-refractivity contribution in [2.75, 3.05) is 18.1 Å². The van der Waals surface area contributed by atoms with Gasteiger partial charge >= 0.3 is 0 Å². The molecule has 1 fully saturated rings. The van der Waals surface area contributed by atoms with Crippen molar-refractivity contribution in [2.45, 2.75) is 52.7 Å². The van der Waals surface area contributed by atoms with E-state index in [1.807, 2.05) is 38.1 Å². The number of hydrogen-bond donors (Lipinski definition) is 2. The third-order valence-electron chi connectivity index (χ3n) is 8.73. The minimum absolute atomic E-state index is 0.0263. The van der Waals surface area contributed by atoms with Crippen LogP contribution in [-0.4, -0.2) is 80.5 Å². The number of anilines is 1. The summed E-state index contributed by atoms with van der Waals surface area (Å²) in [6.07, 6.45) is 8.35. The molecule has 0 bridgehead atoms. The van der Waals surface area contributed by atoms with Crippen LogP contribution in [0.5, 0.6) is 0 Å². The van der Waals surface area contributed by atoms with E-state index in [4.69, 9.17) is 0 Å². The number of aryl methyl sites for hydroxylation is 3. The van der Waals surface area contributed by atoms with E-state index in [0.717, 1.165) is 28.5 Å². The van der Waals surface area contributed by atoms with E-state index in [2.05, 4.69) is 46.0 Å². The van der Waals surface area contributed by atoms with E-state index in [9.17, 15) is 22.8 Å². The van der Waals surface area contributed by atoms with Crippen LogP contribution in [0.15, 0.2) is 53.4 Å². The van der Waals surface area contributed by atoms with Gasteiger partial charge in [0.15, 0.2) is 5.78 Å². The molecule has 1 aromatic carbocycles. The number of rotatable bonds is 9. The number of carbonyl (C=O) groups is 3. The van der Waals surface area contributed by atoms with Gasteiger partial charge in [-0.05, 0) is 78.0 Å². The van der Waals surface area contributed by atoms with Gasteiger partial charge in [0, 0.05) is 42.2 Å². The highest BCUT2D eigenvalue weighted by atomic mass is 79.9. The molecule has 1 aliphatic heterocycles. The van der Waals surface area contributed by atoms with Gasteiger partial charge in [-0.3, -0.25) is 19.1 Å². The Morgan fingerprint density at radius 3 is 2.43 bits per heavy atom. The van der Waals surface area contributed by atoms with Gasteiger partial charge in [0.1, 0.15) is 34.5 Å². The first-order valence-electron chi connectivity index (χ1n) is 14.9. The van der Waals surface area contributed by atoms with E-state index >= 15 is 0 Å². The second-order valence-corrected chi connectivity index (χ2v) is 14.9. The molecule has 0 saturated carbocycles. The van der Waals surface area contributed by atoms with E-state index < -0.39 is 39.3 Å². The first kappa shape index (κ1) is 32.6. The number of likely N-dealkylation sites (tertiary alicyclic amines) is 1. The molecule has 15 heteroatoms. The average Bonchev–Trinajstić information content (AvgIpc) is 3.46. The fraction of sp³-hybridized carbons (Fsp3) is 0.344. The predicted octanol–water partition coefficient (Wildman–Crippen LogP) is 3.49. The number of nitrogens with zero attached hydrogens (tertiary/aromatic N) is 6. The van der Waals surface area contributed by atoms with Crippen molar-refractivity contribution in [2.24, 2.45) is 5.41 Å². The van der Waals surface area contributed by atoms with Gasteiger partial charge in [0.05, 0.1) is 17.8 Å². The second kappa shape index (κ2) is 12.0. The molecule has 244 valence electrons. The standard InChI is InChI=1S/C32H33BrN8O5S/c1-17-6-7-26(33)37-30(17)38-31(44)24-12-32(16-36-47(5,45)46)9-8-25(32)41(24)27(43)15-40-29-18(2)10-21(22-13-34-20(4)35-14-22)11-23(29)28(39-40)19(3)42/h6-11,13-14,24-25,36H,12,15-16H2,1-5H3,(H,37,38,44)/t24-,25+,32+/m0/s1. The lowest BCUT2D eigenvalue weighted by atomic mass is 9.71. The summed E-state index contributed by atoms with van der Waals surface area (Å²) >= 11 is 3.33. The number of fused-ring (bicyclic) bond motifs is 2. The smallest absolute Gasteiger partial charge is 0.248 e. The topological polar surface area (TPSA) is 169 Å². The Kier molecular flexibility index (Phi) is 8.34. The summed E-state index contributed by atoms with van der Waals surface area (Å²) in [5.41, 5.74) is 3.15. The predicted molar refractivity (Wildman–Crippen MR) is 179 cm³/mol. The summed E-state index contributed by atoms with van der Waals surface area (Å²) in [7, 11) is -3.54. The molecule has 3 atom stereocenters. The Bertz CT molecular complexity index is 2100. The number of halogens is 1. The maximum absolute atomic E-state index is 14.3. The summed E-state index contributed by atoms with van der Waals surface area (Å²) in [5, 5.41) is 8.03. The Balaban J connectivity index is 1.36. The zero-order valence-corrected chi connectivity index (χ0v) is 28.8. The molecule has 2 amide bonds. The SMILES string of the molecule is CC(=O)c1nn(CC(=O)N2[C@H](C(=O)Nc3nc(Br)ccc3C)C[C@@]3(CNS(C)(=O)=O)C=C[C@@H]23)c2c(C)cc(-c3cnc(C)nc3)cc12. The molecule has 4 heterocycles. The van der Waals surface area contributed by atoms with Gasteiger partial charge in [0.2, 0.25) is 21.8 Å². The van der Waals surface area contributed by atoms with Crippen LogP contribution in [-0.2, 0) is 26.2 Å². The highest BCUT2D eigenvalue weighted by Gasteiger charge is 2.57. The highest BCUT2D eigenvalue weighted by Crippen LogP contribution is 2.49. The molecule has 1 aliphatic carbocycles. The fourth-order valence-corrected chi connectivity index (χ4v) is 7.21. The van der Waals surface area contributed by atoms with Crippen LogP contribution < -0.4 is 10.0 Å². The van der Waals surface area contributed by atoms with Crippen LogP contribution in [0.3, 0.4) is 0 Å². The molecule has 2 N–H and O–H groups in total. The lowest BCUT2D eigenvalue weighted by Gasteiger charge is -2.40. The summed E-state index contributed by atoms with van der Waals surface area (Å²) in [5.74, 6) is -0.132. The number of amides is 2. The van der Waals surface area contributed by atoms with Gasteiger partial charge in [-0.25, -0.2) is 28.1 Å². The Morgan fingerprint density at radius 1 is 1.06 bits per heavy atom. The number of sulfonamides is 1. The number of nitrogens with one attached hydrogen (secondary N) is 2. The summed E-state index contributed by atoms with van der Waals surface area (Å²) in [6.45, 7) is 6.68. The van der Waals surface area contributed by atoms with Gasteiger partial charge < -0.3 is 10.2 Å². The van der Waals surface area contributed by atoms with Crippen molar-refractivity contribution in [1.29, 1.82) is 0 Å². The fourth-order valence-electron chi connectivity index (χ4n) is 6.37. The minimum atomic E-state index is -3.54. The molecule has 0 radical (unpaired) electrons. The van der Waals surface area contributed by atoms with E-state index in [1.54, 1.807) is 31.5 Å². The lowest BCUT2D eigenvalue weighted by Crippen LogP contribution is -2.53. The molecule has 6 rings (SSSR count). The van der Waals surface area contributed by atoms with Gasteiger partial charge in [-0.15, -0.1) is 0 Å². The van der Waals surface area contributed by atoms with E-state index in [0.29, 0.717) is 27.1 Å². The van der Waals surface area contributed by atoms with Crippen LogP contribution in [0.1, 0.15) is 40.8 Å². The Labute approximate surface area is 280 Å². The number of benzene rings is 1. The van der Waals surface area contributed by atoms with Crippen LogP contribution in [0.2, 0.25) is 0 Å². The largest absolute Gasteiger partial charge is 0.322 e. The molecule has 1 saturated heterocycles. The first-order chi connectivity index (χ1) is 22.2. The van der Waals surface area contributed by atoms with Crippen LogP contribution in [0.25, 0.3) is 22.0 Å². The lowest BCUT2D eigenvalue weighted by molar-refractivity contribution is -0.139. The van der Waals surface area contributed by atoms with Gasteiger partial charge in [-0.2, -0.15) is 5.10 Å². The van der Waals surface area contributed by atoms with E-state index in [1.165, 1.54) is 16.5 Å². The van der Waals surface area contributed by atoms with Crippen LogP contribution in [0, 0.1) is 26.2 Å². The van der Waals surface area contributed by atoms with Crippen molar-refractivity contribution < 1.29 is 22.8 Å². The van der Waals surface area contributed by atoms with Crippen molar-refractivity contribution in [3.05, 3.63) is 76.1 Å². The average molecular weight is 722 g/mol. The maximum atomic E-state index is 14.3. The molecule has 4 aromatic rings. The van der Waals surface area contributed by atoms with Gasteiger partial charge in [0.25, 0.3) is 0 Å². The second-order valence-electron chi connectivity index (χ2n) is 12.2. The zero-order chi connectivity index (χ0) is 33.8. The number of carbonyl (C=O) groups excluding carboxylic acids is 3. The normalized spacial score (nSPS) is 20.3. The number of Topliss-reactive ketones (excluding diaryl/α,β-unsaturated/α-hetero) is 1. The van der Waals surface area contributed by atoms with Crippen molar-refractivity contribution >= 4 is 60.3 Å². The molecule has 3 aromatic heterocycles. The Hall–Kier alpha value is -4.34. The molecule has 0 spiro atoms. The quantitative estimate of drug-likeness (QED) is 0.149. The zero-order valence-electron chi connectivity index (χ0n) is 26.4. The van der Waals surface area contributed by atoms with Crippen molar-refractivity contribution in [3.8, 4) is 11.1 Å². The monoisotopic (exact) mass is 720 g/mol. The number of pyridine rings is 1. The minimum Gasteiger partial charge on any atom is -0.322 e. The molecule has 47 heavy (non-hydrogen) atoms. The third-order valence-corrected chi connectivity index (χ3v) is 9.84. The summed E-state index contributed by atoms with van der Waals surface area (Å²) in [4.78, 5) is 55.4. The molecule has 13 nitrogen and oxygen atoms in total. The number of ketones is 1. The van der Waals surface area contributed by atoms with E-state index in [-0.39, 0.29) is 31.0 Å². The molecule has 0 unspecified atom stereocenters. The summed E-state index contributed by atoms with van der Waals surface area (Å²) < 4.78 is 28.7. The number of hydrogen-bond acceptors (Lipinski definition) is 9. The third kappa shape index (κ3) is 6.22.